The Morgan fingerprint density at radius 1 is 1.05 bits per heavy atom. The Balaban J connectivity index is 1.64. The number of para-hydroxylation sites is 1. The molecule has 5 N–H and O–H groups in total. The van der Waals surface area contributed by atoms with Gasteiger partial charge in [0.15, 0.2) is 11.6 Å². The summed E-state index contributed by atoms with van der Waals surface area (Å²) < 4.78 is 31.3. The predicted octanol–water partition coefficient (Wildman–Crippen LogP) is 5.37. The van der Waals surface area contributed by atoms with Crippen LogP contribution in [0.1, 0.15) is 21.9 Å². The molecule has 0 atom stereocenters. The van der Waals surface area contributed by atoms with Gasteiger partial charge in [0.05, 0.1) is 41.0 Å². The average molecular weight is 606 g/mol. The van der Waals surface area contributed by atoms with Crippen LogP contribution in [0.5, 0.6) is 0 Å². The lowest BCUT2D eigenvalue weighted by molar-refractivity contribution is 0.0698. The number of rotatable bonds is 12. The topological polar surface area (TPSA) is 158 Å². The smallest absolute Gasteiger partial charge is 0.337 e. The van der Waals surface area contributed by atoms with Crippen molar-refractivity contribution in [3.63, 3.8) is 0 Å². The van der Waals surface area contributed by atoms with Gasteiger partial charge in [0.2, 0.25) is 15.9 Å². The van der Waals surface area contributed by atoms with Crippen molar-refractivity contribution in [2.75, 3.05) is 35.3 Å². The molecule has 2 aromatic heterocycles. The van der Waals surface area contributed by atoms with Crippen LogP contribution in [0.25, 0.3) is 11.3 Å². The first-order valence-corrected chi connectivity index (χ1v) is 14.6. The van der Waals surface area contributed by atoms with E-state index in [-0.39, 0.29) is 25.2 Å². The number of hydrogen-bond acceptors (Lipinski definition) is 9. The maximum atomic E-state index is 11.8. The second-order valence-corrected chi connectivity index (χ2v) is 11.4. The van der Waals surface area contributed by atoms with Crippen molar-refractivity contribution in [3.05, 3.63) is 81.9 Å². The number of sulfonamides is 1. The van der Waals surface area contributed by atoms with Crippen molar-refractivity contribution in [1.82, 2.24) is 14.7 Å². The molecule has 0 radical (unpaired) electrons. The molecule has 11 nitrogen and oxygen atoms in total. The van der Waals surface area contributed by atoms with Gasteiger partial charge in [-0.3, -0.25) is 0 Å². The number of nitrogens with zero attached hydrogens (tertiary/aromatic N) is 2. The molecule has 210 valence electrons. The van der Waals surface area contributed by atoms with Crippen LogP contribution < -0.4 is 20.7 Å². The summed E-state index contributed by atoms with van der Waals surface area (Å²) in [6.45, 7) is 2.34. The van der Waals surface area contributed by atoms with Crippen molar-refractivity contribution < 1.29 is 22.7 Å². The van der Waals surface area contributed by atoms with Crippen LogP contribution in [-0.4, -0.2) is 48.8 Å². The van der Waals surface area contributed by atoms with Gasteiger partial charge in [-0.1, -0.05) is 35.3 Å². The molecular weight excluding hydrogens is 579 g/mol. The maximum Gasteiger partial charge on any atom is 0.337 e. The highest BCUT2D eigenvalue weighted by molar-refractivity contribution is 7.88. The minimum absolute atomic E-state index is 0.0689. The largest absolute Gasteiger partial charge is 0.478 e. The number of aryl methyl sites for hydroxylation is 1. The van der Waals surface area contributed by atoms with Crippen LogP contribution >= 0.6 is 23.2 Å². The lowest BCUT2D eigenvalue weighted by atomic mass is 10.1. The Morgan fingerprint density at radius 2 is 1.82 bits per heavy atom. The molecule has 0 saturated carbocycles. The number of aromatic carboxylic acids is 1. The molecule has 0 aliphatic carbocycles. The number of nitrogens with one attached hydrogen (secondary N) is 4. The first-order chi connectivity index (χ1) is 19.0. The highest BCUT2D eigenvalue weighted by Gasteiger charge is 2.17. The zero-order valence-corrected chi connectivity index (χ0v) is 23.8. The average Bonchev–Trinajstić information content (AvgIpc) is 3.36. The number of aromatic nitrogens is 2. The number of carboxylic acid groups (broad SMARTS) is 1. The van der Waals surface area contributed by atoms with Gasteiger partial charge in [-0.25, -0.2) is 27.9 Å². The fraction of sp³-hybridized carbons (Fsp3) is 0.192. The zero-order valence-electron chi connectivity index (χ0n) is 21.5. The molecule has 0 aliphatic heterocycles. The fourth-order valence-electron chi connectivity index (χ4n) is 3.79. The van der Waals surface area contributed by atoms with Gasteiger partial charge >= 0.3 is 5.97 Å². The highest BCUT2D eigenvalue weighted by atomic mass is 35.5. The Bertz CT molecular complexity index is 1640. The van der Waals surface area contributed by atoms with Crippen molar-refractivity contribution in [2.45, 2.75) is 13.5 Å². The van der Waals surface area contributed by atoms with E-state index in [4.69, 9.17) is 27.6 Å². The van der Waals surface area contributed by atoms with Gasteiger partial charge in [0, 0.05) is 29.4 Å². The van der Waals surface area contributed by atoms with E-state index in [2.05, 4.69) is 30.6 Å². The molecule has 4 aromatic rings. The minimum atomic E-state index is -3.36. The lowest BCUT2D eigenvalue weighted by Gasteiger charge is -2.19. The van der Waals surface area contributed by atoms with E-state index < -0.39 is 16.0 Å². The molecular formula is C26H26Cl2N6O5S. The van der Waals surface area contributed by atoms with E-state index in [9.17, 15) is 18.3 Å². The van der Waals surface area contributed by atoms with Crippen LogP contribution in [0.3, 0.4) is 0 Å². The first-order valence-electron chi connectivity index (χ1n) is 11.9. The molecule has 2 aromatic carbocycles. The summed E-state index contributed by atoms with van der Waals surface area (Å²) in [5.41, 5.74) is 2.73. The fourth-order valence-corrected chi connectivity index (χ4v) is 4.64. The van der Waals surface area contributed by atoms with E-state index in [0.29, 0.717) is 55.8 Å². The van der Waals surface area contributed by atoms with Crippen molar-refractivity contribution in [2.24, 2.45) is 0 Å². The van der Waals surface area contributed by atoms with Gasteiger partial charge in [-0.05, 0) is 43.3 Å². The molecule has 2 heterocycles. The van der Waals surface area contributed by atoms with Crippen LogP contribution in [0.15, 0.2) is 59.1 Å². The molecule has 0 fully saturated rings. The SMILES string of the molecule is Cc1cc(NCCNS(C)(=O)=O)c(NCc2ncc(-c3cc(Cl)ccc3Cl)o2)c(Nc2ccccc2C(=O)O)n1. The van der Waals surface area contributed by atoms with Crippen LogP contribution in [0.2, 0.25) is 10.0 Å². The van der Waals surface area contributed by atoms with Crippen LogP contribution in [0.4, 0.5) is 22.9 Å². The molecule has 0 amide bonds. The van der Waals surface area contributed by atoms with Gasteiger partial charge in [0.1, 0.15) is 5.69 Å². The third-order valence-electron chi connectivity index (χ3n) is 5.53. The standard InChI is InChI=1S/C26H26Cl2N6O5S/c1-15-11-21(29-9-10-32-40(2,37)38)24(25(33-15)34-20-6-4-3-5-17(20)26(35)36)31-14-23-30-13-22(39-23)18-12-16(27)7-8-19(18)28/h3-8,11-13,31-32H,9-10,14H2,1-2H3,(H,35,36)(H2,29,33,34). The van der Waals surface area contributed by atoms with Gasteiger partial charge < -0.3 is 25.5 Å². The Morgan fingerprint density at radius 3 is 2.58 bits per heavy atom. The predicted molar refractivity (Wildman–Crippen MR) is 156 cm³/mol. The third-order valence-corrected chi connectivity index (χ3v) is 6.82. The van der Waals surface area contributed by atoms with E-state index in [0.717, 1.165) is 6.26 Å². The minimum Gasteiger partial charge on any atom is -0.478 e. The van der Waals surface area contributed by atoms with Crippen molar-refractivity contribution in [1.29, 1.82) is 0 Å². The Hall–Kier alpha value is -3.84. The molecule has 4 rings (SSSR count). The number of oxazole rings is 1. The number of halogens is 2. The summed E-state index contributed by atoms with van der Waals surface area (Å²) in [4.78, 5) is 20.7. The molecule has 40 heavy (non-hydrogen) atoms. The summed E-state index contributed by atoms with van der Waals surface area (Å²) in [7, 11) is -3.36. The summed E-state index contributed by atoms with van der Waals surface area (Å²) >= 11 is 12.4. The molecule has 0 unspecified atom stereocenters. The monoisotopic (exact) mass is 604 g/mol. The number of carbonyl (C=O) groups is 1. The second kappa shape index (κ2) is 12.6. The normalized spacial score (nSPS) is 11.3. The van der Waals surface area contributed by atoms with E-state index in [1.165, 1.54) is 6.07 Å². The highest BCUT2D eigenvalue weighted by Crippen LogP contribution is 2.35. The summed E-state index contributed by atoms with van der Waals surface area (Å²) in [5, 5.41) is 20.2. The lowest BCUT2D eigenvalue weighted by Crippen LogP contribution is -2.27. The Labute approximate surface area is 241 Å². The van der Waals surface area contributed by atoms with Gasteiger partial charge in [-0.2, -0.15) is 0 Å². The molecule has 0 aliphatic rings. The van der Waals surface area contributed by atoms with Crippen LogP contribution in [-0.2, 0) is 16.6 Å². The molecule has 0 saturated heterocycles. The first kappa shape index (κ1) is 29.2. The Kier molecular flexibility index (Phi) is 9.15. The van der Waals surface area contributed by atoms with Gasteiger partial charge in [0.25, 0.3) is 0 Å². The maximum absolute atomic E-state index is 11.8. The zero-order chi connectivity index (χ0) is 28.9. The molecule has 14 heteroatoms. The van der Waals surface area contributed by atoms with E-state index in [1.807, 2.05) is 0 Å². The summed E-state index contributed by atoms with van der Waals surface area (Å²) in [6, 6.07) is 13.3. The number of benzene rings is 2. The van der Waals surface area contributed by atoms with E-state index >= 15 is 0 Å². The van der Waals surface area contributed by atoms with Gasteiger partial charge in [-0.15, -0.1) is 0 Å². The summed E-state index contributed by atoms with van der Waals surface area (Å²) in [5.74, 6) is 0.0258. The van der Waals surface area contributed by atoms with Crippen molar-refractivity contribution >= 4 is 62.1 Å². The summed E-state index contributed by atoms with van der Waals surface area (Å²) in [6.07, 6.45) is 2.62. The number of hydrogen-bond donors (Lipinski definition) is 5. The number of anilines is 4. The number of pyridine rings is 1. The quantitative estimate of drug-likeness (QED) is 0.133. The molecule has 0 bridgehead atoms. The van der Waals surface area contributed by atoms with Crippen molar-refractivity contribution in [3.8, 4) is 11.3 Å². The second-order valence-electron chi connectivity index (χ2n) is 8.70. The number of carboxylic acids is 1. The van der Waals surface area contributed by atoms with E-state index in [1.54, 1.807) is 55.6 Å². The third kappa shape index (κ3) is 7.63. The molecule has 0 spiro atoms. The van der Waals surface area contributed by atoms with Crippen LogP contribution in [0, 0.1) is 6.92 Å².